The summed E-state index contributed by atoms with van der Waals surface area (Å²) in [6.07, 6.45) is 1.33. The summed E-state index contributed by atoms with van der Waals surface area (Å²) in [5.41, 5.74) is 0.431. The summed E-state index contributed by atoms with van der Waals surface area (Å²) in [6.45, 7) is -1.19. The van der Waals surface area contributed by atoms with Gasteiger partial charge in [-0.05, 0) is 36.8 Å². The van der Waals surface area contributed by atoms with E-state index in [2.05, 4.69) is 15.2 Å². The van der Waals surface area contributed by atoms with E-state index in [1.54, 1.807) is 19.1 Å². The van der Waals surface area contributed by atoms with Crippen LogP contribution in [0.4, 0.5) is 20.2 Å². The van der Waals surface area contributed by atoms with Crippen molar-refractivity contribution in [1.29, 1.82) is 0 Å². The second kappa shape index (κ2) is 8.87. The van der Waals surface area contributed by atoms with Crippen molar-refractivity contribution in [3.63, 3.8) is 0 Å². The minimum atomic E-state index is -2.94. The number of rotatable bonds is 7. The summed E-state index contributed by atoms with van der Waals surface area (Å²) < 4.78 is 30.2. The molecule has 3 aromatic rings. The lowest BCUT2D eigenvalue weighted by atomic mass is 10.1. The Balaban J connectivity index is 1.83. The van der Waals surface area contributed by atoms with Crippen LogP contribution in [0.1, 0.15) is 18.5 Å². The van der Waals surface area contributed by atoms with Gasteiger partial charge in [-0.2, -0.15) is 18.6 Å². The molecule has 0 aliphatic carbocycles. The van der Waals surface area contributed by atoms with Crippen LogP contribution in [0.3, 0.4) is 0 Å². The third-order valence-electron chi connectivity index (χ3n) is 4.18. The number of nitrogens with zero attached hydrogens (tertiary/aromatic N) is 3. The number of benzene rings is 2. The van der Waals surface area contributed by atoms with Gasteiger partial charge in [0.25, 0.3) is 11.2 Å². The maximum absolute atomic E-state index is 12.6. The van der Waals surface area contributed by atoms with Crippen LogP contribution in [0, 0.1) is 10.1 Å². The lowest BCUT2D eigenvalue weighted by Crippen LogP contribution is -2.23. The molecule has 30 heavy (non-hydrogen) atoms. The molecule has 1 atom stereocenters. The summed E-state index contributed by atoms with van der Waals surface area (Å²) >= 11 is 6.19. The molecule has 2 aromatic carbocycles. The average Bonchev–Trinajstić information content (AvgIpc) is 2.71. The first-order chi connectivity index (χ1) is 14.3. The van der Waals surface area contributed by atoms with Crippen LogP contribution in [0.5, 0.6) is 5.75 Å². The van der Waals surface area contributed by atoms with Crippen LogP contribution in [-0.4, -0.2) is 21.3 Å². The molecule has 1 unspecified atom stereocenters. The Kier molecular flexibility index (Phi) is 6.26. The largest absolute Gasteiger partial charge is 0.435 e. The van der Waals surface area contributed by atoms with Crippen molar-refractivity contribution >= 4 is 23.0 Å². The van der Waals surface area contributed by atoms with Gasteiger partial charge >= 0.3 is 6.61 Å². The fraction of sp³-hybridized carbons (Fsp3) is 0.158. The molecule has 1 aromatic heterocycles. The molecule has 0 aliphatic heterocycles. The maximum Gasteiger partial charge on any atom is 0.387 e. The highest BCUT2D eigenvalue weighted by atomic mass is 35.5. The smallest absolute Gasteiger partial charge is 0.387 e. The fourth-order valence-electron chi connectivity index (χ4n) is 2.71. The van der Waals surface area contributed by atoms with Crippen LogP contribution >= 0.6 is 11.6 Å². The second-order valence-electron chi connectivity index (χ2n) is 6.18. The molecule has 1 heterocycles. The second-order valence-corrected chi connectivity index (χ2v) is 6.56. The van der Waals surface area contributed by atoms with Crippen LogP contribution < -0.4 is 15.6 Å². The Bertz CT molecular complexity index is 1120. The van der Waals surface area contributed by atoms with Gasteiger partial charge in [-0.15, -0.1) is 0 Å². The van der Waals surface area contributed by atoms with Crippen molar-refractivity contribution in [3.05, 3.63) is 85.8 Å². The van der Waals surface area contributed by atoms with E-state index in [0.29, 0.717) is 11.3 Å². The summed E-state index contributed by atoms with van der Waals surface area (Å²) in [7, 11) is 0. The molecule has 0 saturated heterocycles. The van der Waals surface area contributed by atoms with Crippen LogP contribution in [0.15, 0.2) is 59.5 Å². The van der Waals surface area contributed by atoms with Crippen molar-refractivity contribution in [2.45, 2.75) is 19.6 Å². The zero-order valence-corrected chi connectivity index (χ0v) is 16.2. The van der Waals surface area contributed by atoms with Gasteiger partial charge in [0.2, 0.25) is 0 Å². The van der Waals surface area contributed by atoms with Gasteiger partial charge in [0.05, 0.1) is 22.5 Å². The SMILES string of the molecule is CC(Nc1cnn(-c2ccc([N+](=O)[O-])cc2)c(=O)c1Cl)c1cccc(OC(F)F)c1. The third kappa shape index (κ3) is 4.71. The molecule has 0 bridgehead atoms. The van der Waals surface area contributed by atoms with Crippen molar-refractivity contribution in [2.24, 2.45) is 0 Å². The molecule has 156 valence electrons. The number of halogens is 3. The number of nitro benzene ring substituents is 1. The Labute approximate surface area is 173 Å². The number of ether oxygens (including phenoxy) is 1. The first-order valence-corrected chi connectivity index (χ1v) is 8.98. The van der Waals surface area contributed by atoms with Gasteiger partial charge in [-0.1, -0.05) is 23.7 Å². The van der Waals surface area contributed by atoms with E-state index in [1.807, 2.05) is 0 Å². The predicted octanol–water partition coefficient (Wildman–Crippen LogP) is 4.57. The Morgan fingerprint density at radius 2 is 1.93 bits per heavy atom. The number of nitro groups is 1. The number of nitrogens with one attached hydrogen (secondary N) is 1. The monoisotopic (exact) mass is 436 g/mol. The number of non-ortho nitro benzene ring substituents is 1. The molecule has 0 amide bonds. The Morgan fingerprint density at radius 3 is 2.57 bits per heavy atom. The molecule has 0 spiro atoms. The van der Waals surface area contributed by atoms with Crippen LogP contribution in [0.2, 0.25) is 5.02 Å². The molecular formula is C19H15ClF2N4O4. The standard InChI is InChI=1S/C19H15ClF2N4O4/c1-11(12-3-2-4-15(9-12)30-19(21)22)24-16-10-23-25(18(27)17(16)20)13-5-7-14(8-6-13)26(28)29/h2-11,19,24H,1H3. The van der Waals surface area contributed by atoms with E-state index in [0.717, 1.165) is 4.68 Å². The van der Waals surface area contributed by atoms with Gasteiger partial charge in [-0.3, -0.25) is 14.9 Å². The van der Waals surface area contributed by atoms with Crippen LogP contribution in [0.25, 0.3) is 5.69 Å². The first kappa shape index (κ1) is 21.2. The summed E-state index contributed by atoms with van der Waals surface area (Å²) in [5, 5.41) is 17.7. The normalized spacial score (nSPS) is 11.9. The quantitative estimate of drug-likeness (QED) is 0.430. The van der Waals surface area contributed by atoms with Gasteiger partial charge in [-0.25, -0.2) is 0 Å². The van der Waals surface area contributed by atoms with E-state index < -0.39 is 23.1 Å². The van der Waals surface area contributed by atoms with E-state index in [1.165, 1.54) is 42.6 Å². The van der Waals surface area contributed by atoms with Crippen molar-refractivity contribution in [3.8, 4) is 11.4 Å². The van der Waals surface area contributed by atoms with Gasteiger partial charge in [0.1, 0.15) is 10.8 Å². The number of alkyl halides is 2. The van der Waals surface area contributed by atoms with Crippen molar-refractivity contribution in [2.75, 3.05) is 5.32 Å². The zero-order valence-electron chi connectivity index (χ0n) is 15.5. The molecule has 0 fully saturated rings. The van der Waals surface area contributed by atoms with E-state index >= 15 is 0 Å². The molecule has 3 rings (SSSR count). The molecular weight excluding hydrogens is 422 g/mol. The molecule has 0 aliphatic rings. The molecule has 0 radical (unpaired) electrons. The highest BCUT2D eigenvalue weighted by molar-refractivity contribution is 6.33. The first-order valence-electron chi connectivity index (χ1n) is 8.60. The number of aromatic nitrogens is 2. The average molecular weight is 437 g/mol. The zero-order chi connectivity index (χ0) is 21.8. The Morgan fingerprint density at radius 1 is 1.23 bits per heavy atom. The summed E-state index contributed by atoms with van der Waals surface area (Å²) in [6, 6.07) is 11.0. The summed E-state index contributed by atoms with van der Waals surface area (Å²) in [5.74, 6) is 0.00830. The van der Waals surface area contributed by atoms with E-state index in [-0.39, 0.29) is 22.1 Å². The minimum absolute atomic E-state index is 0.00830. The minimum Gasteiger partial charge on any atom is -0.435 e. The fourth-order valence-corrected chi connectivity index (χ4v) is 2.89. The predicted molar refractivity (Wildman–Crippen MR) is 107 cm³/mol. The lowest BCUT2D eigenvalue weighted by Gasteiger charge is -2.17. The molecule has 0 saturated carbocycles. The molecule has 1 N–H and O–H groups in total. The highest BCUT2D eigenvalue weighted by Gasteiger charge is 2.15. The summed E-state index contributed by atoms with van der Waals surface area (Å²) in [4.78, 5) is 22.8. The molecule has 8 nitrogen and oxygen atoms in total. The molecule has 11 heteroatoms. The van der Waals surface area contributed by atoms with Crippen molar-refractivity contribution in [1.82, 2.24) is 9.78 Å². The van der Waals surface area contributed by atoms with Gasteiger partial charge < -0.3 is 10.1 Å². The van der Waals surface area contributed by atoms with Gasteiger partial charge in [0.15, 0.2) is 0 Å². The topological polar surface area (TPSA) is 99.3 Å². The number of hydrogen-bond acceptors (Lipinski definition) is 6. The maximum atomic E-state index is 12.6. The van der Waals surface area contributed by atoms with E-state index in [9.17, 15) is 23.7 Å². The van der Waals surface area contributed by atoms with Crippen LogP contribution in [-0.2, 0) is 0 Å². The Hall–Kier alpha value is -3.53. The van der Waals surface area contributed by atoms with Crippen molar-refractivity contribution < 1.29 is 18.4 Å². The lowest BCUT2D eigenvalue weighted by molar-refractivity contribution is -0.384. The number of hydrogen-bond donors (Lipinski definition) is 1. The highest BCUT2D eigenvalue weighted by Crippen LogP contribution is 2.26. The third-order valence-corrected chi connectivity index (χ3v) is 4.54. The van der Waals surface area contributed by atoms with E-state index in [4.69, 9.17) is 11.6 Å². The number of anilines is 1. The van der Waals surface area contributed by atoms with Gasteiger partial charge in [0, 0.05) is 18.2 Å².